The maximum absolute atomic E-state index is 13.9. The van der Waals surface area contributed by atoms with Gasteiger partial charge >= 0.3 is 0 Å². The van der Waals surface area contributed by atoms with Crippen LogP contribution < -0.4 is 10.5 Å². The summed E-state index contributed by atoms with van der Waals surface area (Å²) in [5.74, 6) is 0.568. The van der Waals surface area contributed by atoms with E-state index in [4.69, 9.17) is 33.7 Å². The first-order chi connectivity index (χ1) is 13.0. The van der Waals surface area contributed by atoms with Gasteiger partial charge in [-0.3, -0.25) is 0 Å². The van der Waals surface area contributed by atoms with Gasteiger partial charge in [-0.25, -0.2) is 14.4 Å². The quantitative estimate of drug-likeness (QED) is 0.446. The monoisotopic (exact) mass is 403 g/mol. The highest BCUT2D eigenvalue weighted by Gasteiger charge is 2.11. The maximum Gasteiger partial charge on any atom is 0.196 e. The Bertz CT molecular complexity index is 959. The van der Waals surface area contributed by atoms with Gasteiger partial charge in [0.25, 0.3) is 0 Å². The Kier molecular flexibility index (Phi) is 6.27. The summed E-state index contributed by atoms with van der Waals surface area (Å²) in [4.78, 5) is 8.51. The van der Waals surface area contributed by atoms with Crippen LogP contribution >= 0.6 is 23.2 Å². The Morgan fingerprint density at radius 3 is 2.59 bits per heavy atom. The molecule has 0 aliphatic carbocycles. The number of hydrogen-bond acceptors (Lipinski definition) is 3. The molecule has 2 aromatic carbocycles. The van der Waals surface area contributed by atoms with Crippen molar-refractivity contribution in [1.29, 1.82) is 0 Å². The van der Waals surface area contributed by atoms with Crippen LogP contribution in [0.2, 0.25) is 10.0 Å². The van der Waals surface area contributed by atoms with E-state index in [0.717, 1.165) is 5.56 Å². The van der Waals surface area contributed by atoms with Crippen LogP contribution in [0.5, 0.6) is 5.75 Å². The van der Waals surface area contributed by atoms with Crippen LogP contribution in [0.25, 0.3) is 0 Å². The smallest absolute Gasteiger partial charge is 0.196 e. The molecule has 27 heavy (non-hydrogen) atoms. The van der Waals surface area contributed by atoms with E-state index < -0.39 is 5.82 Å². The average molecular weight is 404 g/mol. The zero-order valence-electron chi connectivity index (χ0n) is 14.2. The summed E-state index contributed by atoms with van der Waals surface area (Å²) < 4.78 is 19.6. The molecule has 0 amide bonds. The molecule has 0 fully saturated rings. The number of halogens is 3. The normalized spacial score (nSPS) is 11.4. The van der Waals surface area contributed by atoms with Crippen molar-refractivity contribution in [3.05, 3.63) is 87.8 Å². The molecule has 3 aromatic rings. The van der Waals surface area contributed by atoms with Gasteiger partial charge in [0, 0.05) is 23.2 Å². The fourth-order valence-corrected chi connectivity index (χ4v) is 2.83. The number of pyridine rings is 1. The first-order valence-corrected chi connectivity index (χ1v) is 8.87. The van der Waals surface area contributed by atoms with Crippen LogP contribution in [0.1, 0.15) is 11.1 Å². The van der Waals surface area contributed by atoms with E-state index in [0.29, 0.717) is 33.9 Å². The summed E-state index contributed by atoms with van der Waals surface area (Å²) in [6.07, 6.45) is 1.94. The second-order valence-electron chi connectivity index (χ2n) is 5.69. The van der Waals surface area contributed by atoms with Crippen molar-refractivity contribution in [2.75, 3.05) is 0 Å². The molecular formula is C20H16Cl2FN3O. The molecule has 7 heteroatoms. The number of nitrogens with zero attached hydrogens (tertiary/aromatic N) is 2. The minimum absolute atomic E-state index is 0.0515. The van der Waals surface area contributed by atoms with Crippen molar-refractivity contribution >= 4 is 34.9 Å². The van der Waals surface area contributed by atoms with Crippen molar-refractivity contribution in [3.63, 3.8) is 0 Å². The van der Waals surface area contributed by atoms with Crippen molar-refractivity contribution in [2.45, 2.75) is 13.0 Å². The van der Waals surface area contributed by atoms with Gasteiger partial charge in [-0.1, -0.05) is 47.5 Å². The number of aliphatic imine (C=N–C) groups is 1. The number of amidine groups is 1. The summed E-state index contributed by atoms with van der Waals surface area (Å²) in [5, 5.41) is 0.907. The molecule has 2 N–H and O–H groups in total. The van der Waals surface area contributed by atoms with E-state index in [-0.39, 0.29) is 12.2 Å². The molecule has 0 atom stereocenters. The van der Waals surface area contributed by atoms with Gasteiger partial charge in [-0.2, -0.15) is 0 Å². The van der Waals surface area contributed by atoms with Gasteiger partial charge in [0.05, 0.1) is 5.02 Å². The lowest BCUT2D eigenvalue weighted by atomic mass is 10.1. The molecule has 0 radical (unpaired) electrons. The van der Waals surface area contributed by atoms with Gasteiger partial charge in [0.2, 0.25) is 0 Å². The number of benzene rings is 2. The van der Waals surface area contributed by atoms with Crippen LogP contribution in [0.15, 0.2) is 65.8 Å². The second kappa shape index (κ2) is 8.84. The molecule has 3 rings (SSSR count). The standard InChI is InChI=1S/C20H16Cl2FN3O/c21-15-6-2-1-5-13(15)11-19(24)26-20-18(9-4-10-25-20)27-12-14-16(22)7-3-8-17(14)23/h1-10H,11-12H2,(H2,24,25,26). The molecule has 0 saturated carbocycles. The Morgan fingerprint density at radius 1 is 1.04 bits per heavy atom. The third kappa shape index (κ3) is 4.96. The van der Waals surface area contributed by atoms with E-state index in [1.165, 1.54) is 12.1 Å². The SMILES string of the molecule is N/C(Cc1ccccc1Cl)=N\c1ncccc1OCc1c(F)cccc1Cl. The fraction of sp³-hybridized carbons (Fsp3) is 0.100. The zero-order chi connectivity index (χ0) is 19.2. The molecular weight excluding hydrogens is 388 g/mol. The van der Waals surface area contributed by atoms with Gasteiger partial charge in [0.15, 0.2) is 11.6 Å². The molecule has 1 heterocycles. The van der Waals surface area contributed by atoms with E-state index >= 15 is 0 Å². The van der Waals surface area contributed by atoms with Gasteiger partial charge < -0.3 is 10.5 Å². The Morgan fingerprint density at radius 2 is 1.81 bits per heavy atom. The van der Waals surface area contributed by atoms with Crippen LogP contribution in [-0.2, 0) is 13.0 Å². The summed E-state index contributed by atoms with van der Waals surface area (Å²) >= 11 is 12.2. The summed E-state index contributed by atoms with van der Waals surface area (Å²) in [6.45, 7) is -0.0515. The lowest BCUT2D eigenvalue weighted by Gasteiger charge is -2.10. The van der Waals surface area contributed by atoms with E-state index in [1.54, 1.807) is 30.5 Å². The third-order valence-corrected chi connectivity index (χ3v) is 4.49. The van der Waals surface area contributed by atoms with E-state index in [1.807, 2.05) is 18.2 Å². The van der Waals surface area contributed by atoms with E-state index in [9.17, 15) is 4.39 Å². The molecule has 0 unspecified atom stereocenters. The number of hydrogen-bond donors (Lipinski definition) is 1. The molecule has 138 valence electrons. The Hall–Kier alpha value is -2.63. The largest absolute Gasteiger partial charge is 0.485 e. The molecule has 0 bridgehead atoms. The average Bonchev–Trinajstić information content (AvgIpc) is 2.64. The highest BCUT2D eigenvalue weighted by Crippen LogP contribution is 2.27. The maximum atomic E-state index is 13.9. The number of nitrogens with two attached hydrogens (primary N) is 1. The molecule has 0 aliphatic heterocycles. The number of rotatable bonds is 6. The Balaban J connectivity index is 1.78. The number of aromatic nitrogens is 1. The highest BCUT2D eigenvalue weighted by molar-refractivity contribution is 6.31. The topological polar surface area (TPSA) is 60.5 Å². The van der Waals surface area contributed by atoms with Crippen LogP contribution in [0.3, 0.4) is 0 Å². The minimum Gasteiger partial charge on any atom is -0.485 e. The summed E-state index contributed by atoms with van der Waals surface area (Å²) in [7, 11) is 0. The first-order valence-electron chi connectivity index (χ1n) is 8.11. The lowest BCUT2D eigenvalue weighted by Crippen LogP contribution is -2.15. The predicted octanol–water partition coefficient (Wildman–Crippen LogP) is 5.34. The highest BCUT2D eigenvalue weighted by atomic mass is 35.5. The fourth-order valence-electron chi connectivity index (χ4n) is 2.41. The molecule has 0 saturated heterocycles. The first kappa shape index (κ1) is 19.1. The minimum atomic E-state index is -0.435. The Labute approximate surface area is 166 Å². The van der Waals surface area contributed by atoms with Crippen molar-refractivity contribution in [2.24, 2.45) is 10.7 Å². The van der Waals surface area contributed by atoms with E-state index in [2.05, 4.69) is 9.98 Å². The van der Waals surface area contributed by atoms with Crippen molar-refractivity contribution in [3.8, 4) is 5.75 Å². The van der Waals surface area contributed by atoms with Gasteiger partial charge in [-0.05, 0) is 35.9 Å². The van der Waals surface area contributed by atoms with Crippen LogP contribution in [0, 0.1) is 5.82 Å². The lowest BCUT2D eigenvalue weighted by molar-refractivity contribution is 0.300. The van der Waals surface area contributed by atoms with Crippen molar-refractivity contribution in [1.82, 2.24) is 4.98 Å². The van der Waals surface area contributed by atoms with Crippen LogP contribution in [0.4, 0.5) is 10.2 Å². The van der Waals surface area contributed by atoms with Crippen molar-refractivity contribution < 1.29 is 9.13 Å². The molecule has 0 aliphatic rings. The third-order valence-electron chi connectivity index (χ3n) is 3.76. The number of ether oxygens (including phenoxy) is 1. The molecule has 1 aromatic heterocycles. The molecule has 0 spiro atoms. The van der Waals surface area contributed by atoms with Gasteiger partial charge in [0.1, 0.15) is 18.3 Å². The van der Waals surface area contributed by atoms with Crippen LogP contribution in [-0.4, -0.2) is 10.8 Å². The molecule has 4 nitrogen and oxygen atoms in total. The van der Waals surface area contributed by atoms with Gasteiger partial charge in [-0.15, -0.1) is 0 Å². The summed E-state index contributed by atoms with van der Waals surface area (Å²) in [5.41, 5.74) is 7.17. The summed E-state index contributed by atoms with van der Waals surface area (Å²) in [6, 6.07) is 15.2. The second-order valence-corrected chi connectivity index (χ2v) is 6.50. The zero-order valence-corrected chi connectivity index (χ0v) is 15.7. The predicted molar refractivity (Wildman–Crippen MR) is 106 cm³/mol.